The maximum atomic E-state index is 9.73. The minimum atomic E-state index is -0.596. The molecule has 0 aliphatic heterocycles. The predicted octanol–water partition coefficient (Wildman–Crippen LogP) is 1.16. The van der Waals surface area contributed by atoms with E-state index in [-0.39, 0.29) is 0 Å². The molecule has 0 aromatic carbocycles. The fourth-order valence-electron chi connectivity index (χ4n) is 1.01. The van der Waals surface area contributed by atoms with Crippen LogP contribution < -0.4 is 5.32 Å². The first-order valence-corrected chi connectivity index (χ1v) is 5.00. The lowest BCUT2D eigenvalue weighted by Crippen LogP contribution is -2.43. The minimum Gasteiger partial charge on any atom is -0.389 e. The topological polar surface area (TPSA) is 41.5 Å². The molecule has 0 saturated heterocycles. The highest BCUT2D eigenvalue weighted by Gasteiger charge is 2.18. The number of ether oxygens (including phenoxy) is 1. The summed E-state index contributed by atoms with van der Waals surface area (Å²) >= 11 is 0. The third-order valence-corrected chi connectivity index (χ3v) is 2.39. The van der Waals surface area contributed by atoms with E-state index in [0.717, 1.165) is 12.8 Å². The Labute approximate surface area is 81.5 Å². The van der Waals surface area contributed by atoms with E-state index < -0.39 is 5.60 Å². The van der Waals surface area contributed by atoms with Crippen LogP contribution in [0.2, 0.25) is 0 Å². The Morgan fingerprint density at radius 1 is 1.46 bits per heavy atom. The first kappa shape index (κ1) is 12.9. The van der Waals surface area contributed by atoms with E-state index in [9.17, 15) is 5.11 Å². The summed E-state index contributed by atoms with van der Waals surface area (Å²) in [5.74, 6) is 0. The summed E-state index contributed by atoms with van der Waals surface area (Å²) in [6.45, 7) is 7.28. The van der Waals surface area contributed by atoms with Crippen molar-refractivity contribution in [2.75, 3.05) is 20.3 Å². The van der Waals surface area contributed by atoms with Crippen molar-refractivity contribution >= 4 is 0 Å². The van der Waals surface area contributed by atoms with Gasteiger partial charge in [-0.3, -0.25) is 0 Å². The second kappa shape index (κ2) is 6.35. The molecule has 0 rings (SSSR count). The van der Waals surface area contributed by atoms with Crippen molar-refractivity contribution in [2.24, 2.45) is 0 Å². The van der Waals surface area contributed by atoms with Crippen molar-refractivity contribution in [3.63, 3.8) is 0 Å². The lowest BCUT2D eigenvalue weighted by atomic mass is 10.0. The zero-order chi connectivity index (χ0) is 10.3. The number of aliphatic hydroxyl groups is 1. The molecule has 80 valence electrons. The number of hydrogen-bond acceptors (Lipinski definition) is 3. The predicted molar refractivity (Wildman–Crippen MR) is 54.9 cm³/mol. The van der Waals surface area contributed by atoms with Crippen LogP contribution in [0.25, 0.3) is 0 Å². The number of rotatable bonds is 7. The van der Waals surface area contributed by atoms with E-state index in [2.05, 4.69) is 12.2 Å². The molecule has 0 aromatic heterocycles. The highest BCUT2D eigenvalue weighted by atomic mass is 16.5. The minimum absolute atomic E-state index is 0.350. The molecule has 0 saturated carbocycles. The van der Waals surface area contributed by atoms with E-state index in [0.29, 0.717) is 19.2 Å². The van der Waals surface area contributed by atoms with Crippen LogP contribution in [0.3, 0.4) is 0 Å². The van der Waals surface area contributed by atoms with Gasteiger partial charge < -0.3 is 15.2 Å². The summed E-state index contributed by atoms with van der Waals surface area (Å²) in [7, 11) is 1.70. The van der Waals surface area contributed by atoms with Gasteiger partial charge in [-0.15, -0.1) is 0 Å². The van der Waals surface area contributed by atoms with Gasteiger partial charge in [0.15, 0.2) is 0 Å². The summed E-state index contributed by atoms with van der Waals surface area (Å²) in [5.41, 5.74) is -0.596. The molecule has 0 aliphatic rings. The average Bonchev–Trinajstić information content (AvgIpc) is 2.12. The molecular weight excluding hydrogens is 166 g/mol. The van der Waals surface area contributed by atoms with Gasteiger partial charge in [-0.05, 0) is 19.8 Å². The molecule has 0 amide bonds. The Kier molecular flexibility index (Phi) is 6.29. The molecule has 2 unspecified atom stereocenters. The molecule has 0 bridgehead atoms. The molecule has 13 heavy (non-hydrogen) atoms. The normalized spacial score (nSPS) is 18.2. The highest BCUT2D eigenvalue weighted by molar-refractivity contribution is 4.76. The van der Waals surface area contributed by atoms with Gasteiger partial charge in [-0.2, -0.15) is 0 Å². The van der Waals surface area contributed by atoms with Crippen LogP contribution in [0, 0.1) is 0 Å². The molecule has 0 aromatic rings. The van der Waals surface area contributed by atoms with Crippen molar-refractivity contribution in [1.82, 2.24) is 5.32 Å². The van der Waals surface area contributed by atoms with E-state index in [1.807, 2.05) is 13.8 Å². The first-order valence-electron chi connectivity index (χ1n) is 5.00. The first-order chi connectivity index (χ1) is 6.05. The third kappa shape index (κ3) is 6.02. The molecule has 0 aliphatic carbocycles. The standard InChI is InChI=1S/C10H23NO2/c1-5-9(7-13-4)11-8-10(3,12)6-2/h9,11-12H,5-8H2,1-4H3. The van der Waals surface area contributed by atoms with Crippen molar-refractivity contribution in [2.45, 2.75) is 45.3 Å². The summed E-state index contributed by atoms with van der Waals surface area (Å²) in [6.07, 6.45) is 1.79. The molecule has 0 radical (unpaired) electrons. The zero-order valence-electron chi connectivity index (χ0n) is 9.26. The Morgan fingerprint density at radius 2 is 2.08 bits per heavy atom. The van der Waals surface area contributed by atoms with Gasteiger partial charge in [0, 0.05) is 19.7 Å². The van der Waals surface area contributed by atoms with Gasteiger partial charge in [0.1, 0.15) is 0 Å². The van der Waals surface area contributed by atoms with Crippen LogP contribution in [0.1, 0.15) is 33.6 Å². The smallest absolute Gasteiger partial charge is 0.0741 e. The maximum Gasteiger partial charge on any atom is 0.0741 e. The zero-order valence-corrected chi connectivity index (χ0v) is 9.26. The largest absolute Gasteiger partial charge is 0.389 e. The Bertz CT molecular complexity index is 126. The van der Waals surface area contributed by atoms with Gasteiger partial charge in [0.25, 0.3) is 0 Å². The molecule has 3 nitrogen and oxygen atoms in total. The van der Waals surface area contributed by atoms with Crippen molar-refractivity contribution < 1.29 is 9.84 Å². The Hall–Kier alpha value is -0.120. The number of hydrogen-bond donors (Lipinski definition) is 2. The second-order valence-electron chi connectivity index (χ2n) is 3.79. The van der Waals surface area contributed by atoms with Gasteiger partial charge in [-0.1, -0.05) is 13.8 Å². The quantitative estimate of drug-likeness (QED) is 0.631. The van der Waals surface area contributed by atoms with E-state index >= 15 is 0 Å². The van der Waals surface area contributed by atoms with Gasteiger partial charge in [0.05, 0.1) is 12.2 Å². The Balaban J connectivity index is 3.70. The lowest BCUT2D eigenvalue weighted by Gasteiger charge is -2.25. The van der Waals surface area contributed by atoms with E-state index in [1.165, 1.54) is 0 Å². The van der Waals surface area contributed by atoms with Gasteiger partial charge >= 0.3 is 0 Å². The number of methoxy groups -OCH3 is 1. The van der Waals surface area contributed by atoms with Crippen LogP contribution in [0.4, 0.5) is 0 Å². The van der Waals surface area contributed by atoms with Crippen LogP contribution in [0.15, 0.2) is 0 Å². The maximum absolute atomic E-state index is 9.73. The van der Waals surface area contributed by atoms with Crippen LogP contribution in [-0.4, -0.2) is 37.0 Å². The molecule has 3 heteroatoms. The molecular formula is C10H23NO2. The molecule has 2 atom stereocenters. The van der Waals surface area contributed by atoms with Crippen LogP contribution >= 0.6 is 0 Å². The SMILES string of the molecule is CCC(COC)NCC(C)(O)CC. The fourth-order valence-corrected chi connectivity index (χ4v) is 1.01. The van der Waals surface area contributed by atoms with Gasteiger partial charge in [0.2, 0.25) is 0 Å². The number of nitrogens with one attached hydrogen (secondary N) is 1. The molecule has 2 N–H and O–H groups in total. The highest BCUT2D eigenvalue weighted by Crippen LogP contribution is 2.06. The van der Waals surface area contributed by atoms with Gasteiger partial charge in [-0.25, -0.2) is 0 Å². The summed E-state index contributed by atoms with van der Waals surface area (Å²) < 4.78 is 5.05. The van der Waals surface area contributed by atoms with Crippen LogP contribution in [0.5, 0.6) is 0 Å². The average molecular weight is 189 g/mol. The van der Waals surface area contributed by atoms with Crippen molar-refractivity contribution in [3.05, 3.63) is 0 Å². The monoisotopic (exact) mass is 189 g/mol. The van der Waals surface area contributed by atoms with E-state index in [4.69, 9.17) is 4.74 Å². The van der Waals surface area contributed by atoms with Crippen molar-refractivity contribution in [3.8, 4) is 0 Å². The summed E-state index contributed by atoms with van der Waals surface area (Å²) in [6, 6.07) is 0.350. The lowest BCUT2D eigenvalue weighted by molar-refractivity contribution is 0.0479. The fraction of sp³-hybridized carbons (Fsp3) is 1.00. The molecule has 0 spiro atoms. The van der Waals surface area contributed by atoms with Crippen molar-refractivity contribution in [1.29, 1.82) is 0 Å². The third-order valence-electron chi connectivity index (χ3n) is 2.39. The summed E-state index contributed by atoms with van der Waals surface area (Å²) in [5, 5.41) is 13.0. The summed E-state index contributed by atoms with van der Waals surface area (Å²) in [4.78, 5) is 0. The van der Waals surface area contributed by atoms with Crippen LogP contribution in [-0.2, 0) is 4.74 Å². The molecule has 0 fully saturated rings. The Morgan fingerprint density at radius 3 is 2.46 bits per heavy atom. The van der Waals surface area contributed by atoms with E-state index in [1.54, 1.807) is 7.11 Å². The second-order valence-corrected chi connectivity index (χ2v) is 3.79. The molecule has 0 heterocycles.